The molecule has 0 aromatic heterocycles. The predicted molar refractivity (Wildman–Crippen MR) is 65.1 cm³/mol. The summed E-state index contributed by atoms with van der Waals surface area (Å²) in [6.45, 7) is 8.51. The van der Waals surface area contributed by atoms with Crippen LogP contribution in [0.3, 0.4) is 0 Å². The highest BCUT2D eigenvalue weighted by Crippen LogP contribution is 2.23. The molecule has 0 radical (unpaired) electrons. The van der Waals surface area contributed by atoms with Crippen LogP contribution in [0.25, 0.3) is 0 Å². The van der Waals surface area contributed by atoms with Crippen molar-refractivity contribution in [3.8, 4) is 0 Å². The van der Waals surface area contributed by atoms with Crippen LogP contribution in [-0.2, 0) is 11.8 Å². The highest BCUT2D eigenvalue weighted by molar-refractivity contribution is 5.28. The Labute approximate surface area is 93.1 Å². The molecule has 1 nitrogen and oxygen atoms in total. The summed E-state index contributed by atoms with van der Waals surface area (Å²) in [7, 11) is 0. The zero-order valence-electron chi connectivity index (χ0n) is 10.2. The van der Waals surface area contributed by atoms with E-state index in [2.05, 4.69) is 45.0 Å². The van der Waals surface area contributed by atoms with E-state index < -0.39 is 0 Å². The van der Waals surface area contributed by atoms with Crippen LogP contribution in [0, 0.1) is 0 Å². The Morgan fingerprint density at radius 1 is 1.27 bits per heavy atom. The molecule has 1 N–H and O–H groups in total. The number of hydrogen-bond donors (Lipinski definition) is 1. The van der Waals surface area contributed by atoms with Crippen molar-refractivity contribution < 1.29 is 5.11 Å². The highest BCUT2D eigenvalue weighted by atomic mass is 16.3. The lowest BCUT2D eigenvalue weighted by Gasteiger charge is -2.19. The van der Waals surface area contributed by atoms with E-state index in [1.54, 1.807) is 0 Å². The number of aliphatic hydroxyl groups excluding tert-OH is 1. The summed E-state index contributed by atoms with van der Waals surface area (Å²) >= 11 is 0. The third-order valence-corrected chi connectivity index (χ3v) is 2.64. The highest BCUT2D eigenvalue weighted by Gasteiger charge is 2.13. The molecule has 0 aliphatic carbocycles. The van der Waals surface area contributed by atoms with Gasteiger partial charge < -0.3 is 5.11 Å². The van der Waals surface area contributed by atoms with Crippen LogP contribution in [-0.4, -0.2) is 11.2 Å². The first kappa shape index (κ1) is 12.3. The van der Waals surface area contributed by atoms with Crippen molar-refractivity contribution in [2.24, 2.45) is 0 Å². The van der Waals surface area contributed by atoms with Crippen molar-refractivity contribution in [1.82, 2.24) is 0 Å². The third kappa shape index (κ3) is 4.05. The first-order valence-corrected chi connectivity index (χ1v) is 5.67. The van der Waals surface area contributed by atoms with Gasteiger partial charge in [-0.05, 0) is 36.3 Å². The topological polar surface area (TPSA) is 20.2 Å². The third-order valence-electron chi connectivity index (χ3n) is 2.64. The summed E-state index contributed by atoms with van der Waals surface area (Å²) in [5.74, 6) is 0. The maximum Gasteiger partial charge on any atom is 0.0515 e. The maximum atomic E-state index is 9.24. The van der Waals surface area contributed by atoms with Crippen LogP contribution in [0.15, 0.2) is 24.3 Å². The number of benzene rings is 1. The van der Waals surface area contributed by atoms with Crippen LogP contribution in [0.5, 0.6) is 0 Å². The Morgan fingerprint density at radius 3 is 2.47 bits per heavy atom. The fraction of sp³-hybridized carbons (Fsp3) is 0.571. The molecule has 1 atom stereocenters. The van der Waals surface area contributed by atoms with E-state index in [4.69, 9.17) is 0 Å². The van der Waals surface area contributed by atoms with Gasteiger partial charge in [0.2, 0.25) is 0 Å². The van der Waals surface area contributed by atoms with Gasteiger partial charge in [0.1, 0.15) is 0 Å². The molecule has 0 spiro atoms. The largest absolute Gasteiger partial charge is 0.393 e. The molecule has 1 unspecified atom stereocenters. The van der Waals surface area contributed by atoms with E-state index >= 15 is 0 Å². The molecule has 1 aromatic rings. The van der Waals surface area contributed by atoms with E-state index in [1.807, 2.05) is 6.92 Å². The summed E-state index contributed by atoms with van der Waals surface area (Å²) in [5, 5.41) is 9.24. The average Bonchev–Trinajstić information content (AvgIpc) is 2.14. The molecule has 0 bridgehead atoms. The van der Waals surface area contributed by atoms with Crippen molar-refractivity contribution in [2.75, 3.05) is 0 Å². The van der Waals surface area contributed by atoms with Crippen LogP contribution in [0.4, 0.5) is 0 Å². The summed E-state index contributed by atoms with van der Waals surface area (Å²) in [6.07, 6.45) is 1.60. The van der Waals surface area contributed by atoms with Gasteiger partial charge in [0.05, 0.1) is 6.10 Å². The minimum Gasteiger partial charge on any atom is -0.393 e. The lowest BCUT2D eigenvalue weighted by molar-refractivity contribution is 0.185. The average molecular weight is 206 g/mol. The second-order valence-electron chi connectivity index (χ2n) is 5.34. The zero-order chi connectivity index (χ0) is 11.5. The lowest BCUT2D eigenvalue weighted by Crippen LogP contribution is -2.11. The van der Waals surface area contributed by atoms with Gasteiger partial charge in [-0.1, -0.05) is 45.0 Å². The molecule has 0 amide bonds. The summed E-state index contributed by atoms with van der Waals surface area (Å²) in [6, 6.07) is 8.67. The van der Waals surface area contributed by atoms with Crippen molar-refractivity contribution in [3.63, 3.8) is 0 Å². The second-order valence-corrected chi connectivity index (χ2v) is 5.34. The Kier molecular flexibility index (Phi) is 3.92. The number of rotatable bonds is 3. The van der Waals surface area contributed by atoms with Gasteiger partial charge in [0, 0.05) is 0 Å². The quantitative estimate of drug-likeness (QED) is 0.804. The van der Waals surface area contributed by atoms with Gasteiger partial charge in [-0.3, -0.25) is 0 Å². The fourth-order valence-corrected chi connectivity index (χ4v) is 1.57. The molecule has 1 aromatic carbocycles. The van der Waals surface area contributed by atoms with Gasteiger partial charge in [-0.25, -0.2) is 0 Å². The standard InChI is InChI=1S/C14H22O/c1-11(15)8-9-12-6-5-7-13(10-12)14(2,3)4/h5-7,10-11,15H,8-9H2,1-4H3. The van der Waals surface area contributed by atoms with Gasteiger partial charge >= 0.3 is 0 Å². The number of aliphatic hydroxyl groups is 1. The molecule has 0 saturated heterocycles. The normalized spacial score (nSPS) is 13.9. The van der Waals surface area contributed by atoms with Crippen LogP contribution in [0.2, 0.25) is 0 Å². The predicted octanol–water partition coefficient (Wildman–Crippen LogP) is 3.30. The van der Waals surface area contributed by atoms with Gasteiger partial charge in [0.15, 0.2) is 0 Å². The van der Waals surface area contributed by atoms with E-state index in [0.717, 1.165) is 12.8 Å². The van der Waals surface area contributed by atoms with Crippen LogP contribution in [0.1, 0.15) is 45.2 Å². The fourth-order valence-electron chi connectivity index (χ4n) is 1.57. The smallest absolute Gasteiger partial charge is 0.0515 e. The summed E-state index contributed by atoms with van der Waals surface area (Å²) in [5.41, 5.74) is 2.90. The van der Waals surface area contributed by atoms with E-state index in [-0.39, 0.29) is 11.5 Å². The Morgan fingerprint density at radius 2 is 1.93 bits per heavy atom. The van der Waals surface area contributed by atoms with Crippen molar-refractivity contribution in [2.45, 2.75) is 52.1 Å². The van der Waals surface area contributed by atoms with Crippen molar-refractivity contribution in [3.05, 3.63) is 35.4 Å². The van der Waals surface area contributed by atoms with Gasteiger partial charge in [0.25, 0.3) is 0 Å². The maximum absolute atomic E-state index is 9.24. The van der Waals surface area contributed by atoms with E-state index in [9.17, 15) is 5.11 Å². The SMILES string of the molecule is CC(O)CCc1cccc(C(C)(C)C)c1. The molecule has 1 heteroatoms. The molecule has 84 valence electrons. The lowest BCUT2D eigenvalue weighted by atomic mass is 9.86. The molecule has 0 saturated carbocycles. The molecule has 1 rings (SSSR count). The van der Waals surface area contributed by atoms with Crippen LogP contribution < -0.4 is 0 Å². The summed E-state index contributed by atoms with van der Waals surface area (Å²) in [4.78, 5) is 0. The summed E-state index contributed by atoms with van der Waals surface area (Å²) < 4.78 is 0. The van der Waals surface area contributed by atoms with Crippen molar-refractivity contribution >= 4 is 0 Å². The van der Waals surface area contributed by atoms with Gasteiger partial charge in [-0.2, -0.15) is 0 Å². The Balaban J connectivity index is 2.75. The number of aryl methyl sites for hydroxylation is 1. The zero-order valence-corrected chi connectivity index (χ0v) is 10.2. The first-order chi connectivity index (χ1) is 6.89. The second kappa shape index (κ2) is 4.80. The van der Waals surface area contributed by atoms with Gasteiger partial charge in [-0.15, -0.1) is 0 Å². The number of hydrogen-bond acceptors (Lipinski definition) is 1. The van der Waals surface area contributed by atoms with E-state index in [1.165, 1.54) is 11.1 Å². The molecule has 0 fully saturated rings. The molecule has 0 aliphatic heterocycles. The minimum absolute atomic E-state index is 0.205. The van der Waals surface area contributed by atoms with Crippen LogP contribution >= 0.6 is 0 Å². The first-order valence-electron chi connectivity index (χ1n) is 5.67. The molecular formula is C14H22O. The molecule has 15 heavy (non-hydrogen) atoms. The molecule has 0 heterocycles. The Hall–Kier alpha value is -0.820. The Bertz CT molecular complexity index is 307. The molecular weight excluding hydrogens is 184 g/mol. The minimum atomic E-state index is -0.205. The van der Waals surface area contributed by atoms with E-state index in [0.29, 0.717) is 0 Å². The van der Waals surface area contributed by atoms with Crippen molar-refractivity contribution in [1.29, 1.82) is 0 Å². The molecule has 0 aliphatic rings. The monoisotopic (exact) mass is 206 g/mol.